The number of nitrogens with zero attached hydrogens (tertiary/aromatic N) is 2. The second kappa shape index (κ2) is 6.87. The minimum absolute atomic E-state index is 0.0833. The molecule has 4 heteroatoms. The van der Waals surface area contributed by atoms with Crippen LogP contribution in [0.3, 0.4) is 0 Å². The number of ether oxygens (including phenoxy) is 1. The lowest BCUT2D eigenvalue weighted by molar-refractivity contribution is 0.122. The molecule has 1 aliphatic heterocycles. The average molecular weight is 264 g/mol. The maximum Gasteiger partial charge on any atom is 0.0642 e. The molecule has 0 spiro atoms. The maximum absolute atomic E-state index is 8.17. The van der Waals surface area contributed by atoms with E-state index in [1.165, 1.54) is 5.69 Å². The minimum Gasteiger partial charge on any atom is -0.393 e. The van der Waals surface area contributed by atoms with Crippen LogP contribution in [0.2, 0.25) is 0 Å². The van der Waals surface area contributed by atoms with E-state index in [4.69, 9.17) is 9.84 Å². The summed E-state index contributed by atoms with van der Waals surface area (Å²) < 4.78 is 5.32. The standard InChI is InChI=1S/C12H18N2O.C3H6O/c1-10(2)12-4-3-11(9-13-12)14-5-7-15-8-6-14;4-3-1-2-3/h3-4,9-10H,5-8H2,1-2H3;3-4H,1-2H2. The van der Waals surface area contributed by atoms with Gasteiger partial charge in [-0.05, 0) is 30.9 Å². The zero-order chi connectivity index (χ0) is 13.7. The molecule has 1 N–H and O–H groups in total. The molecule has 3 rings (SSSR count). The van der Waals surface area contributed by atoms with Gasteiger partial charge in [0.1, 0.15) is 0 Å². The molecule has 4 nitrogen and oxygen atoms in total. The van der Waals surface area contributed by atoms with Crippen LogP contribution in [0.4, 0.5) is 5.69 Å². The predicted octanol–water partition coefficient (Wildman–Crippen LogP) is 2.18. The topological polar surface area (TPSA) is 45.6 Å². The number of rotatable bonds is 2. The Labute approximate surface area is 115 Å². The molecule has 2 fully saturated rings. The third kappa shape index (κ3) is 4.80. The number of aliphatic hydroxyl groups excluding tert-OH is 1. The Kier molecular flexibility index (Phi) is 5.16. The van der Waals surface area contributed by atoms with Crippen molar-refractivity contribution < 1.29 is 9.84 Å². The molecule has 1 aliphatic carbocycles. The average Bonchev–Trinajstić information content (AvgIpc) is 3.23. The number of hydrogen-bond acceptors (Lipinski definition) is 4. The van der Waals surface area contributed by atoms with Crippen LogP contribution in [0.1, 0.15) is 38.3 Å². The lowest BCUT2D eigenvalue weighted by Gasteiger charge is -2.28. The number of anilines is 1. The normalized spacial score (nSPS) is 19.1. The van der Waals surface area contributed by atoms with Gasteiger partial charge in [-0.2, -0.15) is 0 Å². The van der Waals surface area contributed by atoms with E-state index in [1.807, 2.05) is 6.20 Å². The fourth-order valence-electron chi connectivity index (χ4n) is 1.82. The first-order valence-corrected chi connectivity index (χ1v) is 7.13. The molecular weight excluding hydrogens is 240 g/mol. The van der Waals surface area contributed by atoms with Crippen LogP contribution in [0.5, 0.6) is 0 Å². The SMILES string of the molecule is CC(C)c1ccc(N2CCOCC2)cn1.OC1CC1. The summed E-state index contributed by atoms with van der Waals surface area (Å²) in [5.41, 5.74) is 2.37. The van der Waals surface area contributed by atoms with Crippen molar-refractivity contribution in [2.24, 2.45) is 0 Å². The van der Waals surface area contributed by atoms with Gasteiger partial charge in [0.2, 0.25) is 0 Å². The molecule has 0 atom stereocenters. The molecular formula is C15H24N2O2. The van der Waals surface area contributed by atoms with Gasteiger partial charge < -0.3 is 14.7 Å². The van der Waals surface area contributed by atoms with Crippen LogP contribution < -0.4 is 4.90 Å². The number of hydrogen-bond donors (Lipinski definition) is 1. The quantitative estimate of drug-likeness (QED) is 0.889. The van der Waals surface area contributed by atoms with E-state index in [0.29, 0.717) is 5.92 Å². The van der Waals surface area contributed by atoms with Crippen LogP contribution in [0.25, 0.3) is 0 Å². The van der Waals surface area contributed by atoms with Crippen molar-refractivity contribution in [3.05, 3.63) is 24.0 Å². The van der Waals surface area contributed by atoms with Crippen molar-refractivity contribution in [2.45, 2.75) is 38.7 Å². The number of pyridine rings is 1. The van der Waals surface area contributed by atoms with Gasteiger partial charge in [-0.15, -0.1) is 0 Å². The molecule has 0 unspecified atom stereocenters. The zero-order valence-corrected chi connectivity index (χ0v) is 11.9. The van der Waals surface area contributed by atoms with Gasteiger partial charge in [-0.1, -0.05) is 13.8 Å². The molecule has 19 heavy (non-hydrogen) atoms. The Bertz CT molecular complexity index is 368. The van der Waals surface area contributed by atoms with E-state index < -0.39 is 0 Å². The number of morpholine rings is 1. The summed E-state index contributed by atoms with van der Waals surface area (Å²) in [6.45, 7) is 7.93. The van der Waals surface area contributed by atoms with Gasteiger partial charge in [-0.3, -0.25) is 4.98 Å². The lowest BCUT2D eigenvalue weighted by atomic mass is 10.1. The van der Waals surface area contributed by atoms with E-state index >= 15 is 0 Å². The van der Waals surface area contributed by atoms with E-state index in [2.05, 4.69) is 35.9 Å². The number of aliphatic hydroxyl groups is 1. The molecule has 1 saturated carbocycles. The maximum atomic E-state index is 8.17. The highest BCUT2D eigenvalue weighted by Gasteiger charge is 2.15. The van der Waals surface area contributed by atoms with Crippen molar-refractivity contribution in [2.75, 3.05) is 31.2 Å². The van der Waals surface area contributed by atoms with Crippen molar-refractivity contribution in [3.63, 3.8) is 0 Å². The molecule has 2 aliphatic rings. The fourth-order valence-corrected chi connectivity index (χ4v) is 1.82. The first-order chi connectivity index (χ1) is 9.16. The molecule has 1 aromatic rings. The molecule has 106 valence electrons. The third-order valence-corrected chi connectivity index (χ3v) is 3.29. The van der Waals surface area contributed by atoms with Gasteiger partial charge >= 0.3 is 0 Å². The highest BCUT2D eigenvalue weighted by atomic mass is 16.5. The Hall–Kier alpha value is -1.13. The Morgan fingerprint density at radius 3 is 2.32 bits per heavy atom. The van der Waals surface area contributed by atoms with Crippen LogP contribution in [-0.4, -0.2) is 42.5 Å². The molecule has 0 bridgehead atoms. The molecule has 0 amide bonds. The van der Waals surface area contributed by atoms with Crippen molar-refractivity contribution in [3.8, 4) is 0 Å². The Morgan fingerprint density at radius 2 is 1.89 bits per heavy atom. The molecule has 1 aromatic heterocycles. The predicted molar refractivity (Wildman–Crippen MR) is 76.6 cm³/mol. The van der Waals surface area contributed by atoms with E-state index in [-0.39, 0.29) is 6.10 Å². The summed E-state index contributed by atoms with van der Waals surface area (Å²) in [6.07, 6.45) is 4.14. The monoisotopic (exact) mass is 264 g/mol. The first-order valence-electron chi connectivity index (χ1n) is 7.13. The molecule has 0 radical (unpaired) electrons. The molecule has 2 heterocycles. The van der Waals surface area contributed by atoms with Crippen molar-refractivity contribution in [1.82, 2.24) is 4.98 Å². The number of aromatic nitrogens is 1. The van der Waals surface area contributed by atoms with Gasteiger partial charge in [0.25, 0.3) is 0 Å². The van der Waals surface area contributed by atoms with Crippen LogP contribution in [0.15, 0.2) is 18.3 Å². The summed E-state index contributed by atoms with van der Waals surface area (Å²) in [5.74, 6) is 0.503. The molecule has 0 aromatic carbocycles. The highest BCUT2D eigenvalue weighted by Crippen LogP contribution is 2.18. The highest BCUT2D eigenvalue weighted by molar-refractivity contribution is 5.45. The van der Waals surface area contributed by atoms with Crippen molar-refractivity contribution >= 4 is 5.69 Å². The first kappa shape index (κ1) is 14.3. The molecule has 1 saturated heterocycles. The summed E-state index contributed by atoms with van der Waals surface area (Å²) in [4.78, 5) is 6.79. The summed E-state index contributed by atoms with van der Waals surface area (Å²) in [6, 6.07) is 4.28. The van der Waals surface area contributed by atoms with E-state index in [9.17, 15) is 0 Å². The van der Waals surface area contributed by atoms with Gasteiger partial charge in [0, 0.05) is 18.8 Å². The van der Waals surface area contributed by atoms with Crippen molar-refractivity contribution in [1.29, 1.82) is 0 Å². The van der Waals surface area contributed by atoms with Crippen LogP contribution in [0, 0.1) is 0 Å². The van der Waals surface area contributed by atoms with Gasteiger partial charge in [0.05, 0.1) is 31.2 Å². The summed E-state index contributed by atoms with van der Waals surface area (Å²) in [7, 11) is 0. The summed E-state index contributed by atoms with van der Waals surface area (Å²) >= 11 is 0. The zero-order valence-electron chi connectivity index (χ0n) is 11.9. The fraction of sp³-hybridized carbons (Fsp3) is 0.667. The van der Waals surface area contributed by atoms with Crippen LogP contribution >= 0.6 is 0 Å². The third-order valence-electron chi connectivity index (χ3n) is 3.29. The second-order valence-electron chi connectivity index (χ2n) is 5.43. The lowest BCUT2D eigenvalue weighted by Crippen LogP contribution is -2.36. The second-order valence-corrected chi connectivity index (χ2v) is 5.43. The minimum atomic E-state index is 0.0833. The van der Waals surface area contributed by atoms with Gasteiger partial charge in [0.15, 0.2) is 0 Å². The van der Waals surface area contributed by atoms with E-state index in [0.717, 1.165) is 44.8 Å². The smallest absolute Gasteiger partial charge is 0.0642 e. The van der Waals surface area contributed by atoms with E-state index in [1.54, 1.807) is 0 Å². The summed E-state index contributed by atoms with van der Waals surface area (Å²) in [5, 5.41) is 8.17. The van der Waals surface area contributed by atoms with Crippen LogP contribution in [-0.2, 0) is 4.74 Å². The largest absolute Gasteiger partial charge is 0.393 e. The Balaban J connectivity index is 0.000000284. The Morgan fingerprint density at radius 1 is 1.26 bits per heavy atom. The van der Waals surface area contributed by atoms with Gasteiger partial charge in [-0.25, -0.2) is 0 Å².